The highest BCUT2D eigenvalue weighted by atomic mass is 32.1. The molecule has 0 aliphatic rings. The molecule has 0 aromatic carbocycles. The molecule has 3 N–H and O–H groups in total. The summed E-state index contributed by atoms with van der Waals surface area (Å²) in [6, 6.07) is 7.72. The molecule has 0 aliphatic carbocycles. The number of thiophene rings is 1. The minimum absolute atomic E-state index is 0.117. The number of hydrogen-bond acceptors (Lipinski definition) is 8. The van der Waals surface area contributed by atoms with Crippen LogP contribution in [0.15, 0.2) is 46.6 Å². The van der Waals surface area contributed by atoms with E-state index in [1.807, 2.05) is 29.6 Å². The summed E-state index contributed by atoms with van der Waals surface area (Å²) in [5.74, 6) is 0.740. The van der Waals surface area contributed by atoms with Gasteiger partial charge in [0.05, 0.1) is 23.1 Å². The summed E-state index contributed by atoms with van der Waals surface area (Å²) in [6.45, 7) is 0.117. The van der Waals surface area contributed by atoms with E-state index in [9.17, 15) is 0 Å². The largest absolute Gasteiger partial charge is 0.472 e. The van der Waals surface area contributed by atoms with Crippen molar-refractivity contribution in [1.29, 1.82) is 0 Å². The molecule has 0 bridgehead atoms. The van der Waals surface area contributed by atoms with Crippen LogP contribution in [-0.4, -0.2) is 25.6 Å². The fraction of sp³-hybridized carbons (Fsp3) is 0.0667. The zero-order chi connectivity index (χ0) is 16.4. The first-order chi connectivity index (χ1) is 11.8. The maximum absolute atomic E-state index is 6.25. The molecule has 4 heterocycles. The average molecular weight is 340 g/mol. The molecule has 0 fully saturated rings. The Morgan fingerprint density at radius 2 is 2.29 bits per heavy atom. The number of nitrogen functional groups attached to an aromatic ring is 1. The molecule has 0 aliphatic heterocycles. The summed E-state index contributed by atoms with van der Waals surface area (Å²) < 4.78 is 10.9. The van der Waals surface area contributed by atoms with Crippen molar-refractivity contribution in [2.45, 2.75) is 6.61 Å². The number of nitrogens with zero attached hydrogens (tertiary/aromatic N) is 4. The standard InChI is InChI=1S/C15H12N6O2S/c16-14-10(9-3-4-22-7-9)6-11(12-2-1-5-24-12)17-15(14)23-8-13-18-20-21-19-13/h1-7H,8,16H2,(H,18,19,20,21). The molecule has 0 saturated carbocycles. The summed E-state index contributed by atoms with van der Waals surface area (Å²) in [6.07, 6.45) is 3.23. The van der Waals surface area contributed by atoms with E-state index in [1.165, 1.54) is 0 Å². The Kier molecular flexibility index (Phi) is 3.67. The second-order valence-electron chi connectivity index (χ2n) is 4.88. The molecule has 0 amide bonds. The van der Waals surface area contributed by atoms with Gasteiger partial charge in [0.1, 0.15) is 5.69 Å². The first kappa shape index (κ1) is 14.4. The number of rotatable bonds is 5. The maximum atomic E-state index is 6.25. The highest BCUT2D eigenvalue weighted by Gasteiger charge is 2.16. The molecule has 24 heavy (non-hydrogen) atoms. The number of aromatic nitrogens is 5. The minimum atomic E-state index is 0.117. The van der Waals surface area contributed by atoms with Gasteiger partial charge in [0.2, 0.25) is 11.7 Å². The summed E-state index contributed by atoms with van der Waals surface area (Å²) in [4.78, 5) is 5.55. The summed E-state index contributed by atoms with van der Waals surface area (Å²) in [5.41, 5.74) is 9.11. The number of H-pyrrole nitrogens is 1. The van der Waals surface area contributed by atoms with Crippen molar-refractivity contribution in [1.82, 2.24) is 25.6 Å². The minimum Gasteiger partial charge on any atom is -0.472 e. The number of nitrogens with one attached hydrogen (secondary N) is 1. The maximum Gasteiger partial charge on any atom is 0.238 e. The fourth-order valence-electron chi connectivity index (χ4n) is 2.23. The van der Waals surface area contributed by atoms with Gasteiger partial charge in [0.15, 0.2) is 6.61 Å². The van der Waals surface area contributed by atoms with Crippen LogP contribution in [0.4, 0.5) is 5.69 Å². The van der Waals surface area contributed by atoms with E-state index in [0.717, 1.165) is 21.7 Å². The van der Waals surface area contributed by atoms with Crippen molar-refractivity contribution in [3.05, 3.63) is 48.0 Å². The average Bonchev–Trinajstić information content (AvgIpc) is 3.35. The molecule has 0 saturated heterocycles. The molecule has 4 aromatic heterocycles. The van der Waals surface area contributed by atoms with Crippen LogP contribution < -0.4 is 10.5 Å². The molecule has 4 aromatic rings. The third-order valence-electron chi connectivity index (χ3n) is 3.36. The Balaban J connectivity index is 1.76. The number of anilines is 1. The highest BCUT2D eigenvalue weighted by molar-refractivity contribution is 7.13. The van der Waals surface area contributed by atoms with Crippen LogP contribution in [0.3, 0.4) is 0 Å². The van der Waals surface area contributed by atoms with Gasteiger partial charge in [-0.25, -0.2) is 4.98 Å². The van der Waals surface area contributed by atoms with E-state index in [-0.39, 0.29) is 6.61 Å². The van der Waals surface area contributed by atoms with Crippen LogP contribution in [0.2, 0.25) is 0 Å². The van der Waals surface area contributed by atoms with E-state index in [4.69, 9.17) is 14.9 Å². The number of nitrogens with two attached hydrogens (primary N) is 1. The fourth-order valence-corrected chi connectivity index (χ4v) is 2.91. The first-order valence-corrected chi connectivity index (χ1v) is 7.91. The molecule has 8 nitrogen and oxygen atoms in total. The lowest BCUT2D eigenvalue weighted by atomic mass is 10.1. The van der Waals surface area contributed by atoms with Crippen LogP contribution in [0.5, 0.6) is 5.88 Å². The number of furan rings is 1. The number of aromatic amines is 1. The third kappa shape index (κ3) is 2.72. The Bertz CT molecular complexity index is 919. The number of ether oxygens (including phenoxy) is 1. The number of tetrazole rings is 1. The van der Waals surface area contributed by atoms with Crippen molar-refractivity contribution in [2.24, 2.45) is 0 Å². The van der Waals surface area contributed by atoms with Crippen molar-refractivity contribution < 1.29 is 9.15 Å². The zero-order valence-electron chi connectivity index (χ0n) is 12.3. The van der Waals surface area contributed by atoms with E-state index >= 15 is 0 Å². The van der Waals surface area contributed by atoms with E-state index in [2.05, 4.69) is 25.6 Å². The van der Waals surface area contributed by atoms with Gasteiger partial charge >= 0.3 is 0 Å². The summed E-state index contributed by atoms with van der Waals surface area (Å²) in [5, 5.41) is 15.6. The predicted octanol–water partition coefficient (Wildman–Crippen LogP) is 2.74. The molecule has 0 spiro atoms. The number of pyridine rings is 1. The molecule has 0 atom stereocenters. The van der Waals surface area contributed by atoms with Crippen LogP contribution >= 0.6 is 11.3 Å². The predicted molar refractivity (Wildman–Crippen MR) is 88.2 cm³/mol. The lowest BCUT2D eigenvalue weighted by Crippen LogP contribution is -2.04. The second-order valence-corrected chi connectivity index (χ2v) is 5.83. The molecule has 4 rings (SSSR count). The van der Waals surface area contributed by atoms with Gasteiger partial charge in [-0.3, -0.25) is 0 Å². The van der Waals surface area contributed by atoms with E-state index in [1.54, 1.807) is 23.9 Å². The summed E-state index contributed by atoms with van der Waals surface area (Å²) in [7, 11) is 0. The monoisotopic (exact) mass is 340 g/mol. The van der Waals surface area contributed by atoms with Crippen LogP contribution in [-0.2, 0) is 6.61 Å². The Morgan fingerprint density at radius 1 is 1.33 bits per heavy atom. The molecular formula is C15H12N6O2S. The van der Waals surface area contributed by atoms with Crippen molar-refractivity contribution in [3.63, 3.8) is 0 Å². The Morgan fingerprint density at radius 3 is 3.00 bits per heavy atom. The molecule has 0 radical (unpaired) electrons. The zero-order valence-corrected chi connectivity index (χ0v) is 13.2. The van der Waals surface area contributed by atoms with Gasteiger partial charge in [-0.15, -0.1) is 21.5 Å². The van der Waals surface area contributed by atoms with Crippen molar-refractivity contribution in [2.75, 3.05) is 5.73 Å². The highest BCUT2D eigenvalue weighted by Crippen LogP contribution is 2.37. The van der Waals surface area contributed by atoms with Crippen LogP contribution in [0.25, 0.3) is 21.7 Å². The van der Waals surface area contributed by atoms with Crippen LogP contribution in [0, 0.1) is 0 Å². The Labute approximate surface area is 140 Å². The SMILES string of the molecule is Nc1c(-c2ccoc2)cc(-c2cccs2)nc1OCc1nn[nH]n1. The van der Waals surface area contributed by atoms with Gasteiger partial charge in [0.25, 0.3) is 0 Å². The van der Waals surface area contributed by atoms with Gasteiger partial charge < -0.3 is 14.9 Å². The lowest BCUT2D eigenvalue weighted by Gasteiger charge is -2.12. The third-order valence-corrected chi connectivity index (χ3v) is 4.25. The lowest BCUT2D eigenvalue weighted by molar-refractivity contribution is 0.286. The summed E-state index contributed by atoms with van der Waals surface area (Å²) >= 11 is 1.59. The van der Waals surface area contributed by atoms with Crippen LogP contribution in [0.1, 0.15) is 5.82 Å². The molecule has 0 unspecified atom stereocenters. The smallest absolute Gasteiger partial charge is 0.238 e. The number of hydrogen-bond donors (Lipinski definition) is 2. The van der Waals surface area contributed by atoms with Gasteiger partial charge in [-0.2, -0.15) is 5.21 Å². The van der Waals surface area contributed by atoms with Gasteiger partial charge in [-0.05, 0) is 23.6 Å². The van der Waals surface area contributed by atoms with Gasteiger partial charge in [0, 0.05) is 11.1 Å². The normalized spacial score (nSPS) is 10.8. The van der Waals surface area contributed by atoms with Crippen molar-refractivity contribution >= 4 is 17.0 Å². The molecule has 120 valence electrons. The quantitative estimate of drug-likeness (QED) is 0.574. The molecular weight excluding hydrogens is 328 g/mol. The second kappa shape index (κ2) is 6.13. The van der Waals surface area contributed by atoms with E-state index in [0.29, 0.717) is 17.4 Å². The van der Waals surface area contributed by atoms with E-state index < -0.39 is 0 Å². The topological polar surface area (TPSA) is 116 Å². The first-order valence-electron chi connectivity index (χ1n) is 7.03. The Hall–Kier alpha value is -3.20. The van der Waals surface area contributed by atoms with Crippen molar-refractivity contribution in [3.8, 4) is 27.6 Å². The molecule has 9 heteroatoms. The van der Waals surface area contributed by atoms with Gasteiger partial charge in [-0.1, -0.05) is 11.3 Å².